The Kier molecular flexibility index (Phi) is 4.03. The lowest BCUT2D eigenvalue weighted by atomic mass is 9.83. The molecule has 3 heterocycles. The van der Waals surface area contributed by atoms with E-state index in [0.29, 0.717) is 4.96 Å². The summed E-state index contributed by atoms with van der Waals surface area (Å²) in [4.78, 5) is 20.0. The van der Waals surface area contributed by atoms with E-state index in [-0.39, 0.29) is 5.56 Å². The SMILES string of the molecule is CSc1nn2c(=O)cc(CN3C[C@H]4CC=C(C)C[C@H]4C3)nc2s1. The largest absolute Gasteiger partial charge is 0.297 e. The van der Waals surface area contributed by atoms with Crippen LogP contribution in [-0.4, -0.2) is 38.8 Å². The molecule has 0 aromatic carbocycles. The topological polar surface area (TPSA) is 50.5 Å². The minimum absolute atomic E-state index is 0.0734. The lowest BCUT2D eigenvalue weighted by Gasteiger charge is -2.22. The van der Waals surface area contributed by atoms with Crippen LogP contribution in [-0.2, 0) is 6.54 Å². The predicted molar refractivity (Wildman–Crippen MR) is 94.2 cm³/mol. The average molecular weight is 348 g/mol. The van der Waals surface area contributed by atoms with E-state index in [0.717, 1.165) is 41.5 Å². The first kappa shape index (κ1) is 15.4. The molecule has 0 unspecified atom stereocenters. The summed E-state index contributed by atoms with van der Waals surface area (Å²) in [5.74, 6) is 1.55. The molecule has 7 heteroatoms. The van der Waals surface area contributed by atoms with Crippen molar-refractivity contribution in [2.45, 2.75) is 30.6 Å². The molecule has 2 aromatic heterocycles. The van der Waals surface area contributed by atoms with Crippen molar-refractivity contribution in [1.29, 1.82) is 0 Å². The summed E-state index contributed by atoms with van der Waals surface area (Å²) in [6.45, 7) is 5.25. The average Bonchev–Trinajstić information content (AvgIpc) is 3.10. The Balaban J connectivity index is 1.53. The fourth-order valence-corrected chi connectivity index (χ4v) is 5.12. The number of hydrogen-bond acceptors (Lipinski definition) is 6. The lowest BCUT2D eigenvalue weighted by molar-refractivity contribution is 0.310. The van der Waals surface area contributed by atoms with Crippen LogP contribution >= 0.6 is 23.1 Å². The molecule has 2 atom stereocenters. The highest BCUT2D eigenvalue weighted by atomic mass is 32.2. The molecule has 0 saturated carbocycles. The summed E-state index contributed by atoms with van der Waals surface area (Å²) in [5, 5.41) is 4.27. The van der Waals surface area contributed by atoms with Gasteiger partial charge in [0.25, 0.3) is 5.56 Å². The van der Waals surface area contributed by atoms with Gasteiger partial charge in [0, 0.05) is 25.7 Å². The molecule has 0 amide bonds. The number of thioether (sulfide) groups is 1. The second-order valence-corrected chi connectivity index (χ2v) is 8.57. The third-order valence-electron chi connectivity index (χ3n) is 4.85. The summed E-state index contributed by atoms with van der Waals surface area (Å²) < 4.78 is 2.29. The maximum atomic E-state index is 12.2. The van der Waals surface area contributed by atoms with Crippen molar-refractivity contribution in [3.8, 4) is 0 Å². The Bertz CT molecular complexity index is 825. The highest BCUT2D eigenvalue weighted by molar-refractivity contribution is 8.00. The molecule has 122 valence electrons. The summed E-state index contributed by atoms with van der Waals surface area (Å²) in [5.41, 5.74) is 2.32. The van der Waals surface area contributed by atoms with Crippen molar-refractivity contribution >= 4 is 28.1 Å². The van der Waals surface area contributed by atoms with Crippen molar-refractivity contribution in [2.75, 3.05) is 19.3 Å². The fourth-order valence-electron chi connectivity index (χ4n) is 3.74. The molecule has 0 radical (unpaired) electrons. The number of aromatic nitrogens is 3. The minimum Gasteiger partial charge on any atom is -0.297 e. The first-order valence-corrected chi connectivity index (χ1v) is 9.98. The van der Waals surface area contributed by atoms with Crippen LogP contribution in [0.5, 0.6) is 0 Å². The maximum absolute atomic E-state index is 12.2. The van der Waals surface area contributed by atoms with Crippen LogP contribution < -0.4 is 5.56 Å². The van der Waals surface area contributed by atoms with Gasteiger partial charge in [-0.15, -0.1) is 5.10 Å². The Morgan fingerprint density at radius 2 is 2.22 bits per heavy atom. The molecule has 23 heavy (non-hydrogen) atoms. The zero-order valence-corrected chi connectivity index (χ0v) is 15.0. The second kappa shape index (κ2) is 6.03. The molecule has 0 N–H and O–H groups in total. The second-order valence-electron chi connectivity index (χ2n) is 6.56. The van der Waals surface area contributed by atoms with Crippen molar-refractivity contribution in [3.05, 3.63) is 33.8 Å². The number of fused-ring (bicyclic) bond motifs is 2. The number of hydrogen-bond donors (Lipinski definition) is 0. The molecule has 5 nitrogen and oxygen atoms in total. The van der Waals surface area contributed by atoms with Gasteiger partial charge in [0.15, 0.2) is 4.34 Å². The maximum Gasteiger partial charge on any atom is 0.275 e. The van der Waals surface area contributed by atoms with E-state index in [1.54, 1.807) is 17.8 Å². The molecule has 1 aliphatic heterocycles. The summed E-state index contributed by atoms with van der Waals surface area (Å²) in [7, 11) is 0. The van der Waals surface area contributed by atoms with Gasteiger partial charge in [-0.25, -0.2) is 4.98 Å². The smallest absolute Gasteiger partial charge is 0.275 e. The van der Waals surface area contributed by atoms with Crippen LogP contribution in [0.15, 0.2) is 26.8 Å². The van der Waals surface area contributed by atoms with Gasteiger partial charge in [-0.1, -0.05) is 34.7 Å². The van der Waals surface area contributed by atoms with Crippen LogP contribution in [0.3, 0.4) is 0 Å². The van der Waals surface area contributed by atoms with Crippen molar-refractivity contribution in [3.63, 3.8) is 0 Å². The van der Waals surface area contributed by atoms with Gasteiger partial charge >= 0.3 is 0 Å². The van der Waals surface area contributed by atoms with Crippen LogP contribution in [0.1, 0.15) is 25.5 Å². The van der Waals surface area contributed by atoms with Crippen LogP contribution in [0, 0.1) is 11.8 Å². The predicted octanol–water partition coefficient (Wildman–Crippen LogP) is 2.66. The molecule has 1 saturated heterocycles. The Hall–Kier alpha value is -1.18. The highest BCUT2D eigenvalue weighted by Crippen LogP contribution is 2.36. The number of rotatable bonds is 3. The molecule has 2 aromatic rings. The summed E-state index contributed by atoms with van der Waals surface area (Å²) >= 11 is 3.03. The fraction of sp³-hybridized carbons (Fsp3) is 0.562. The first-order chi connectivity index (χ1) is 11.1. The van der Waals surface area contributed by atoms with Gasteiger partial charge in [-0.2, -0.15) is 4.52 Å². The molecule has 2 aliphatic rings. The van der Waals surface area contributed by atoms with E-state index in [4.69, 9.17) is 0 Å². The molecule has 1 aliphatic carbocycles. The van der Waals surface area contributed by atoms with Crippen LogP contribution in [0.2, 0.25) is 0 Å². The van der Waals surface area contributed by atoms with Crippen LogP contribution in [0.25, 0.3) is 4.96 Å². The molecule has 0 spiro atoms. The minimum atomic E-state index is -0.0734. The molecule has 1 fully saturated rings. The van der Waals surface area contributed by atoms with E-state index < -0.39 is 0 Å². The van der Waals surface area contributed by atoms with E-state index in [1.165, 1.54) is 34.3 Å². The van der Waals surface area contributed by atoms with E-state index >= 15 is 0 Å². The number of allylic oxidation sites excluding steroid dienone is 2. The monoisotopic (exact) mass is 348 g/mol. The molecular formula is C16H20N4OS2. The van der Waals surface area contributed by atoms with E-state index in [2.05, 4.69) is 28.0 Å². The molecule has 4 rings (SSSR count). The van der Waals surface area contributed by atoms with Gasteiger partial charge in [0.05, 0.1) is 5.69 Å². The zero-order valence-electron chi connectivity index (χ0n) is 13.4. The van der Waals surface area contributed by atoms with Crippen LogP contribution in [0.4, 0.5) is 0 Å². The van der Waals surface area contributed by atoms with Crippen molar-refractivity contribution < 1.29 is 0 Å². The van der Waals surface area contributed by atoms with E-state index in [9.17, 15) is 4.79 Å². The third kappa shape index (κ3) is 2.97. The Labute approximate surface area is 143 Å². The number of nitrogens with zero attached hydrogens (tertiary/aromatic N) is 4. The standard InChI is InChI=1S/C16H20N4OS2/c1-10-3-4-11-7-19(8-12(11)5-10)9-13-6-14(21)20-15(17-13)23-16(18-20)22-2/h3,6,11-12H,4-5,7-9H2,1-2H3/t11-,12+/m1/s1. The van der Waals surface area contributed by atoms with Crippen molar-refractivity contribution in [1.82, 2.24) is 19.5 Å². The Morgan fingerprint density at radius 1 is 1.39 bits per heavy atom. The zero-order chi connectivity index (χ0) is 16.0. The molecule has 0 bridgehead atoms. The van der Waals surface area contributed by atoms with Gasteiger partial charge in [-0.05, 0) is 37.9 Å². The normalized spacial score (nSPS) is 24.9. The first-order valence-electron chi connectivity index (χ1n) is 7.94. The Morgan fingerprint density at radius 3 is 3.04 bits per heavy atom. The van der Waals surface area contributed by atoms with Gasteiger partial charge in [0.2, 0.25) is 4.96 Å². The summed E-state index contributed by atoms with van der Waals surface area (Å²) in [6, 6.07) is 1.64. The third-order valence-corrected chi connectivity index (χ3v) is 6.73. The summed E-state index contributed by atoms with van der Waals surface area (Å²) in [6.07, 6.45) is 6.78. The quantitative estimate of drug-likeness (QED) is 0.630. The van der Waals surface area contributed by atoms with Crippen molar-refractivity contribution in [2.24, 2.45) is 11.8 Å². The van der Waals surface area contributed by atoms with Gasteiger partial charge in [0.1, 0.15) is 0 Å². The number of likely N-dealkylation sites (tertiary alicyclic amines) is 1. The molecular weight excluding hydrogens is 328 g/mol. The van der Waals surface area contributed by atoms with Gasteiger partial charge < -0.3 is 0 Å². The lowest BCUT2D eigenvalue weighted by Crippen LogP contribution is -2.23. The highest BCUT2D eigenvalue weighted by Gasteiger charge is 2.34. The van der Waals surface area contributed by atoms with Gasteiger partial charge in [-0.3, -0.25) is 9.69 Å². The van der Waals surface area contributed by atoms with E-state index in [1.807, 2.05) is 6.26 Å².